The van der Waals surface area contributed by atoms with Crippen molar-refractivity contribution >= 4 is 5.84 Å². The molecule has 4 heteroatoms. The third kappa shape index (κ3) is 4.19. The lowest BCUT2D eigenvalue weighted by Crippen LogP contribution is -2.36. The van der Waals surface area contributed by atoms with Crippen LogP contribution in [-0.4, -0.2) is 24.1 Å². The minimum atomic E-state index is -0.233. The number of nitrogens with zero attached hydrogens (tertiary/aromatic N) is 1. The topological polar surface area (TPSA) is 70.6 Å². The predicted octanol–water partition coefficient (Wildman–Crippen LogP) is 2.17. The number of hydrogen-bond acceptors (Lipinski definition) is 3. The number of amidine groups is 1. The van der Waals surface area contributed by atoms with Gasteiger partial charge in [-0.05, 0) is 37.8 Å². The lowest BCUT2D eigenvalue weighted by atomic mass is 9.88. The Morgan fingerprint density at radius 3 is 2.71 bits per heavy atom. The Morgan fingerprint density at radius 1 is 1.47 bits per heavy atom. The highest BCUT2D eigenvalue weighted by Crippen LogP contribution is 2.30. The Balaban J connectivity index is 2.19. The molecule has 4 nitrogen and oxygen atoms in total. The third-order valence-corrected chi connectivity index (χ3v) is 4.17. The van der Waals surface area contributed by atoms with Crippen LogP contribution < -0.4 is 11.1 Å². The molecule has 0 aromatic carbocycles. The lowest BCUT2D eigenvalue weighted by Gasteiger charge is -2.23. The van der Waals surface area contributed by atoms with Crippen LogP contribution in [0.2, 0.25) is 0 Å². The number of rotatable bonds is 6. The van der Waals surface area contributed by atoms with Crippen LogP contribution in [0.1, 0.15) is 46.5 Å². The first-order valence-corrected chi connectivity index (χ1v) is 6.66. The molecule has 0 bridgehead atoms. The van der Waals surface area contributed by atoms with Crippen molar-refractivity contribution in [2.24, 2.45) is 28.1 Å². The Morgan fingerprint density at radius 2 is 2.18 bits per heavy atom. The fraction of sp³-hybridized carbons (Fsp3) is 0.923. The molecule has 2 atom stereocenters. The molecule has 1 saturated carbocycles. The second-order valence-electron chi connectivity index (χ2n) is 5.99. The van der Waals surface area contributed by atoms with E-state index in [0.29, 0.717) is 5.84 Å². The van der Waals surface area contributed by atoms with Crippen molar-refractivity contribution in [3.8, 4) is 0 Å². The van der Waals surface area contributed by atoms with Gasteiger partial charge in [0.05, 0.1) is 0 Å². The highest BCUT2D eigenvalue weighted by molar-refractivity contribution is 5.85. The van der Waals surface area contributed by atoms with Gasteiger partial charge in [0, 0.05) is 5.41 Å². The zero-order valence-electron chi connectivity index (χ0n) is 11.4. The van der Waals surface area contributed by atoms with E-state index >= 15 is 0 Å². The minimum Gasteiger partial charge on any atom is -0.409 e. The van der Waals surface area contributed by atoms with Gasteiger partial charge < -0.3 is 16.3 Å². The van der Waals surface area contributed by atoms with Gasteiger partial charge in [-0.25, -0.2) is 0 Å². The van der Waals surface area contributed by atoms with E-state index in [0.717, 1.165) is 31.3 Å². The molecular formula is C13H27N3O. The average molecular weight is 241 g/mol. The zero-order chi connectivity index (χ0) is 12.9. The molecule has 0 radical (unpaired) electrons. The van der Waals surface area contributed by atoms with Crippen LogP contribution in [0.3, 0.4) is 0 Å². The van der Waals surface area contributed by atoms with Gasteiger partial charge in [0.1, 0.15) is 5.84 Å². The molecule has 100 valence electrons. The highest BCUT2D eigenvalue weighted by atomic mass is 16.4. The molecule has 17 heavy (non-hydrogen) atoms. The van der Waals surface area contributed by atoms with Gasteiger partial charge in [-0.15, -0.1) is 0 Å². The predicted molar refractivity (Wildman–Crippen MR) is 71.2 cm³/mol. The van der Waals surface area contributed by atoms with E-state index in [2.05, 4.69) is 17.4 Å². The molecule has 0 spiro atoms. The number of hydrogen-bond donors (Lipinski definition) is 3. The monoisotopic (exact) mass is 241 g/mol. The Labute approximate surface area is 105 Å². The summed E-state index contributed by atoms with van der Waals surface area (Å²) in [5.41, 5.74) is 5.42. The van der Waals surface area contributed by atoms with Crippen LogP contribution >= 0.6 is 0 Å². The van der Waals surface area contributed by atoms with Gasteiger partial charge in [0.2, 0.25) is 0 Å². The molecule has 4 N–H and O–H groups in total. The number of oxime groups is 1. The van der Waals surface area contributed by atoms with Gasteiger partial charge in [-0.2, -0.15) is 0 Å². The largest absolute Gasteiger partial charge is 0.409 e. The maximum Gasteiger partial charge on any atom is 0.144 e. The van der Waals surface area contributed by atoms with Gasteiger partial charge >= 0.3 is 0 Å². The highest BCUT2D eigenvalue weighted by Gasteiger charge is 2.25. The SMILES string of the molecule is CC1CCCC1CNCCC(C)(C)C(N)=NO. The van der Waals surface area contributed by atoms with Crippen molar-refractivity contribution in [1.82, 2.24) is 5.32 Å². The van der Waals surface area contributed by atoms with Crippen molar-refractivity contribution < 1.29 is 5.21 Å². The molecule has 0 aromatic heterocycles. The van der Waals surface area contributed by atoms with Crippen LogP contribution in [0.5, 0.6) is 0 Å². The minimum absolute atomic E-state index is 0.233. The van der Waals surface area contributed by atoms with Crippen LogP contribution in [0.15, 0.2) is 5.16 Å². The van der Waals surface area contributed by atoms with Gasteiger partial charge in [0.15, 0.2) is 0 Å². The third-order valence-electron chi connectivity index (χ3n) is 4.17. The summed E-state index contributed by atoms with van der Waals surface area (Å²) in [5.74, 6) is 2.01. The molecule has 1 aliphatic rings. The van der Waals surface area contributed by atoms with Crippen LogP contribution in [0.25, 0.3) is 0 Å². The maximum absolute atomic E-state index is 8.68. The van der Waals surface area contributed by atoms with Crippen LogP contribution in [-0.2, 0) is 0 Å². The fourth-order valence-electron chi connectivity index (χ4n) is 2.48. The van der Waals surface area contributed by atoms with Crippen molar-refractivity contribution in [3.63, 3.8) is 0 Å². The van der Waals surface area contributed by atoms with Gasteiger partial charge in [0.25, 0.3) is 0 Å². The molecule has 0 amide bonds. The van der Waals surface area contributed by atoms with Crippen molar-refractivity contribution in [2.75, 3.05) is 13.1 Å². The Hall–Kier alpha value is -0.770. The van der Waals surface area contributed by atoms with E-state index in [1.165, 1.54) is 19.3 Å². The second kappa shape index (κ2) is 6.24. The molecule has 0 heterocycles. The first-order chi connectivity index (χ1) is 7.97. The van der Waals surface area contributed by atoms with Crippen molar-refractivity contribution in [1.29, 1.82) is 0 Å². The summed E-state index contributed by atoms with van der Waals surface area (Å²) in [6.45, 7) is 8.38. The smallest absolute Gasteiger partial charge is 0.144 e. The Bertz CT molecular complexity index is 263. The van der Waals surface area contributed by atoms with Crippen LogP contribution in [0.4, 0.5) is 0 Å². The fourth-order valence-corrected chi connectivity index (χ4v) is 2.48. The molecule has 2 unspecified atom stereocenters. The summed E-state index contributed by atoms with van der Waals surface area (Å²) >= 11 is 0. The van der Waals surface area contributed by atoms with Crippen molar-refractivity contribution in [3.05, 3.63) is 0 Å². The zero-order valence-corrected chi connectivity index (χ0v) is 11.4. The molecule has 1 aliphatic carbocycles. The van der Waals surface area contributed by atoms with Crippen LogP contribution in [0, 0.1) is 17.3 Å². The summed E-state index contributed by atoms with van der Waals surface area (Å²) in [4.78, 5) is 0. The average Bonchev–Trinajstić information content (AvgIpc) is 2.69. The Kier molecular flexibility index (Phi) is 5.25. The van der Waals surface area contributed by atoms with Gasteiger partial charge in [-0.3, -0.25) is 0 Å². The van der Waals surface area contributed by atoms with E-state index in [1.54, 1.807) is 0 Å². The van der Waals surface area contributed by atoms with E-state index in [9.17, 15) is 0 Å². The summed E-state index contributed by atoms with van der Waals surface area (Å²) in [5, 5.41) is 15.3. The summed E-state index contributed by atoms with van der Waals surface area (Å²) < 4.78 is 0. The molecule has 0 saturated heterocycles. The lowest BCUT2D eigenvalue weighted by molar-refractivity contribution is 0.304. The number of nitrogens with two attached hydrogens (primary N) is 1. The molecular weight excluding hydrogens is 214 g/mol. The van der Waals surface area contributed by atoms with E-state index in [1.807, 2.05) is 13.8 Å². The molecule has 1 rings (SSSR count). The number of nitrogens with one attached hydrogen (secondary N) is 1. The van der Waals surface area contributed by atoms with E-state index in [-0.39, 0.29) is 5.41 Å². The standard InChI is InChI=1S/C13H27N3O/c1-10-5-4-6-11(10)9-15-8-7-13(2,3)12(14)16-17/h10-11,15,17H,4-9H2,1-3H3,(H2,14,16). The molecule has 0 aromatic rings. The normalized spacial score (nSPS) is 26.4. The summed E-state index contributed by atoms with van der Waals surface area (Å²) in [6, 6.07) is 0. The van der Waals surface area contributed by atoms with Crippen molar-refractivity contribution in [2.45, 2.75) is 46.5 Å². The van der Waals surface area contributed by atoms with E-state index in [4.69, 9.17) is 10.9 Å². The van der Waals surface area contributed by atoms with E-state index < -0.39 is 0 Å². The quantitative estimate of drug-likeness (QED) is 0.219. The summed E-state index contributed by atoms with van der Waals surface area (Å²) in [7, 11) is 0. The first kappa shape index (κ1) is 14.3. The molecule has 1 fully saturated rings. The molecule has 0 aliphatic heterocycles. The van der Waals surface area contributed by atoms with Gasteiger partial charge in [-0.1, -0.05) is 38.8 Å². The first-order valence-electron chi connectivity index (χ1n) is 6.66. The second-order valence-corrected chi connectivity index (χ2v) is 5.99. The summed E-state index contributed by atoms with van der Waals surface area (Å²) in [6.07, 6.45) is 5.01. The maximum atomic E-state index is 8.68.